The normalized spacial score (nSPS) is 25.6. The SMILES string of the molecule is N[C@@H]1CN(OC(=O)c2ccccc2)C[C@H]1F. The maximum absolute atomic E-state index is 13.1. The highest BCUT2D eigenvalue weighted by Gasteiger charge is 2.32. The van der Waals surface area contributed by atoms with Gasteiger partial charge in [0, 0.05) is 0 Å². The Labute approximate surface area is 92.7 Å². The van der Waals surface area contributed by atoms with Crippen molar-refractivity contribution in [1.29, 1.82) is 0 Å². The molecule has 5 heteroatoms. The summed E-state index contributed by atoms with van der Waals surface area (Å²) in [6, 6.07) is 7.99. The molecule has 0 aromatic heterocycles. The maximum Gasteiger partial charge on any atom is 0.357 e. The van der Waals surface area contributed by atoms with Crippen LogP contribution >= 0.6 is 0 Å². The predicted molar refractivity (Wildman–Crippen MR) is 56.3 cm³/mol. The number of nitrogens with zero attached hydrogens (tertiary/aromatic N) is 1. The Hall–Kier alpha value is -1.46. The summed E-state index contributed by atoms with van der Waals surface area (Å²) in [5.74, 6) is -0.484. The highest BCUT2D eigenvalue weighted by molar-refractivity contribution is 5.89. The molecule has 1 aliphatic heterocycles. The van der Waals surface area contributed by atoms with Crippen LogP contribution in [0.1, 0.15) is 10.4 Å². The lowest BCUT2D eigenvalue weighted by Gasteiger charge is -2.14. The highest BCUT2D eigenvalue weighted by atomic mass is 19.1. The zero-order chi connectivity index (χ0) is 11.5. The summed E-state index contributed by atoms with van der Waals surface area (Å²) < 4.78 is 13.1. The summed E-state index contributed by atoms with van der Waals surface area (Å²) >= 11 is 0. The molecule has 0 spiro atoms. The fraction of sp³-hybridized carbons (Fsp3) is 0.364. The smallest absolute Gasteiger partial charge is 0.357 e. The Morgan fingerprint density at radius 3 is 2.62 bits per heavy atom. The lowest BCUT2D eigenvalue weighted by atomic mass is 10.2. The van der Waals surface area contributed by atoms with E-state index in [0.29, 0.717) is 5.56 Å². The minimum absolute atomic E-state index is 0.0414. The standard InChI is InChI=1S/C11H13FN2O2/c12-9-6-14(7-10(9)13)16-11(15)8-4-2-1-3-5-8/h1-5,9-10H,6-7,13H2/t9-,10-/m1/s1. The molecule has 1 aromatic carbocycles. The Morgan fingerprint density at radius 2 is 2.06 bits per heavy atom. The molecule has 0 amide bonds. The van der Waals surface area contributed by atoms with Crippen LogP contribution in [0.3, 0.4) is 0 Å². The van der Waals surface area contributed by atoms with Gasteiger partial charge in [0.05, 0.1) is 24.7 Å². The first-order valence-electron chi connectivity index (χ1n) is 5.09. The molecule has 86 valence electrons. The number of carbonyl (C=O) groups excluding carboxylic acids is 1. The largest absolute Gasteiger partial charge is 0.364 e. The van der Waals surface area contributed by atoms with E-state index in [4.69, 9.17) is 10.6 Å². The van der Waals surface area contributed by atoms with Gasteiger partial charge in [0.25, 0.3) is 0 Å². The second-order valence-corrected chi connectivity index (χ2v) is 3.77. The first-order chi connectivity index (χ1) is 7.66. The molecule has 1 aromatic rings. The lowest BCUT2D eigenvalue weighted by molar-refractivity contribution is -0.0962. The number of benzene rings is 1. The van der Waals surface area contributed by atoms with Crippen molar-refractivity contribution in [3.63, 3.8) is 0 Å². The fourth-order valence-electron chi connectivity index (χ4n) is 1.57. The van der Waals surface area contributed by atoms with E-state index in [9.17, 15) is 9.18 Å². The third-order valence-corrected chi connectivity index (χ3v) is 2.48. The van der Waals surface area contributed by atoms with Gasteiger partial charge in [-0.25, -0.2) is 9.18 Å². The summed E-state index contributed by atoms with van der Waals surface area (Å²) in [4.78, 5) is 16.6. The van der Waals surface area contributed by atoms with Crippen LogP contribution < -0.4 is 5.73 Å². The third kappa shape index (κ3) is 2.37. The number of halogens is 1. The van der Waals surface area contributed by atoms with E-state index in [2.05, 4.69) is 0 Å². The van der Waals surface area contributed by atoms with Gasteiger partial charge in [0.2, 0.25) is 0 Å². The first-order valence-corrected chi connectivity index (χ1v) is 5.09. The monoisotopic (exact) mass is 224 g/mol. The summed E-state index contributed by atoms with van der Waals surface area (Å²) in [5.41, 5.74) is 5.92. The minimum atomic E-state index is -1.14. The van der Waals surface area contributed by atoms with Crippen LogP contribution in [-0.4, -0.2) is 36.3 Å². The average Bonchev–Trinajstić information content (AvgIpc) is 2.59. The number of alkyl halides is 1. The van der Waals surface area contributed by atoms with Gasteiger partial charge in [-0.05, 0) is 12.1 Å². The van der Waals surface area contributed by atoms with Gasteiger partial charge in [0.15, 0.2) is 0 Å². The summed E-state index contributed by atoms with van der Waals surface area (Å²) in [6.07, 6.45) is -1.14. The Bertz CT molecular complexity index is 362. The van der Waals surface area contributed by atoms with Crippen molar-refractivity contribution in [1.82, 2.24) is 5.06 Å². The zero-order valence-electron chi connectivity index (χ0n) is 8.67. The Kier molecular flexibility index (Phi) is 3.17. The van der Waals surface area contributed by atoms with E-state index in [1.807, 2.05) is 0 Å². The van der Waals surface area contributed by atoms with Gasteiger partial charge in [-0.2, -0.15) is 0 Å². The molecule has 2 atom stereocenters. The number of rotatable bonds is 2. The first kappa shape index (κ1) is 11.0. The van der Waals surface area contributed by atoms with Crippen LogP contribution in [0.2, 0.25) is 0 Å². The molecule has 0 saturated carbocycles. The van der Waals surface area contributed by atoms with Crippen LogP contribution in [0, 0.1) is 0 Å². The topological polar surface area (TPSA) is 55.6 Å². The average molecular weight is 224 g/mol. The van der Waals surface area contributed by atoms with Gasteiger partial charge in [-0.1, -0.05) is 18.2 Å². The quantitative estimate of drug-likeness (QED) is 0.805. The summed E-state index contributed by atoms with van der Waals surface area (Å²) in [5, 5.41) is 1.27. The molecule has 1 heterocycles. The van der Waals surface area contributed by atoms with Gasteiger partial charge < -0.3 is 10.6 Å². The van der Waals surface area contributed by atoms with Crippen molar-refractivity contribution in [2.45, 2.75) is 12.2 Å². The number of hydrogen-bond acceptors (Lipinski definition) is 4. The van der Waals surface area contributed by atoms with E-state index in [1.165, 1.54) is 5.06 Å². The molecule has 2 rings (SSSR count). The molecule has 0 bridgehead atoms. The molecule has 0 unspecified atom stereocenters. The van der Waals surface area contributed by atoms with E-state index >= 15 is 0 Å². The number of nitrogens with two attached hydrogens (primary N) is 1. The van der Waals surface area contributed by atoms with E-state index < -0.39 is 18.2 Å². The highest BCUT2D eigenvalue weighted by Crippen LogP contribution is 2.13. The number of carbonyl (C=O) groups is 1. The molecular formula is C11H13FN2O2. The van der Waals surface area contributed by atoms with Crippen molar-refractivity contribution in [3.05, 3.63) is 35.9 Å². The maximum atomic E-state index is 13.1. The second kappa shape index (κ2) is 4.59. The zero-order valence-corrected chi connectivity index (χ0v) is 8.67. The fourth-order valence-corrected chi connectivity index (χ4v) is 1.57. The van der Waals surface area contributed by atoms with Crippen LogP contribution in [0.5, 0.6) is 0 Å². The predicted octanol–water partition coefficient (Wildman–Crippen LogP) is 0.739. The molecule has 4 nitrogen and oxygen atoms in total. The molecular weight excluding hydrogens is 211 g/mol. The molecule has 1 fully saturated rings. The van der Waals surface area contributed by atoms with Gasteiger partial charge in [-0.15, -0.1) is 5.06 Å². The summed E-state index contributed by atoms with van der Waals surface area (Å²) in [7, 11) is 0. The van der Waals surface area contributed by atoms with Crippen LogP contribution in [-0.2, 0) is 4.84 Å². The minimum Gasteiger partial charge on any atom is -0.364 e. The molecule has 0 aliphatic carbocycles. The van der Waals surface area contributed by atoms with E-state index in [-0.39, 0.29) is 13.1 Å². The van der Waals surface area contributed by atoms with Gasteiger partial charge in [-0.3, -0.25) is 0 Å². The van der Waals surface area contributed by atoms with E-state index in [1.54, 1.807) is 30.3 Å². The molecule has 16 heavy (non-hydrogen) atoms. The van der Waals surface area contributed by atoms with Crippen molar-refractivity contribution in [2.24, 2.45) is 5.73 Å². The Balaban J connectivity index is 1.94. The van der Waals surface area contributed by atoms with Gasteiger partial charge in [0.1, 0.15) is 6.17 Å². The molecule has 0 radical (unpaired) electrons. The van der Waals surface area contributed by atoms with Gasteiger partial charge >= 0.3 is 5.97 Å². The summed E-state index contributed by atoms with van der Waals surface area (Å²) in [6.45, 7) is 0.277. The van der Waals surface area contributed by atoms with E-state index in [0.717, 1.165) is 0 Å². The second-order valence-electron chi connectivity index (χ2n) is 3.77. The third-order valence-electron chi connectivity index (χ3n) is 2.48. The van der Waals surface area contributed by atoms with Crippen molar-refractivity contribution in [2.75, 3.05) is 13.1 Å². The van der Waals surface area contributed by atoms with Crippen LogP contribution in [0.25, 0.3) is 0 Å². The van der Waals surface area contributed by atoms with Crippen LogP contribution in [0.4, 0.5) is 4.39 Å². The molecule has 1 aliphatic rings. The molecule has 2 N–H and O–H groups in total. The van der Waals surface area contributed by atoms with Crippen molar-refractivity contribution >= 4 is 5.97 Å². The lowest BCUT2D eigenvalue weighted by Crippen LogP contribution is -2.31. The van der Waals surface area contributed by atoms with Crippen LogP contribution in [0.15, 0.2) is 30.3 Å². The molecule has 1 saturated heterocycles. The van der Waals surface area contributed by atoms with Crippen molar-refractivity contribution in [3.8, 4) is 0 Å². The van der Waals surface area contributed by atoms with Crippen molar-refractivity contribution < 1.29 is 14.0 Å². The Morgan fingerprint density at radius 1 is 1.38 bits per heavy atom. The number of hydroxylamine groups is 2. The number of hydrogen-bond donors (Lipinski definition) is 1.